The predicted octanol–water partition coefficient (Wildman–Crippen LogP) is 6.75. The minimum Gasteiger partial charge on any atom is -0.480 e. The molecule has 0 aliphatic rings. The first-order valence-corrected chi connectivity index (χ1v) is 11.6. The van der Waals surface area contributed by atoms with Gasteiger partial charge in [-0.05, 0) is 57.3 Å². The van der Waals surface area contributed by atoms with Gasteiger partial charge < -0.3 is 10.4 Å². The van der Waals surface area contributed by atoms with E-state index in [0.29, 0.717) is 12.8 Å². The summed E-state index contributed by atoms with van der Waals surface area (Å²) in [6.07, 6.45) is 27.8. The first-order chi connectivity index (χ1) is 14.5. The van der Waals surface area contributed by atoms with E-state index in [1.807, 2.05) is 13.8 Å². The molecule has 0 radical (unpaired) electrons. The van der Waals surface area contributed by atoms with Crippen LogP contribution in [0.1, 0.15) is 91.4 Å². The van der Waals surface area contributed by atoms with Gasteiger partial charge in [0.05, 0.1) is 0 Å². The number of nitrogens with one attached hydrogen (secondary N) is 1. The third-order valence-electron chi connectivity index (χ3n) is 4.57. The zero-order chi connectivity index (χ0) is 22.5. The number of hydrogen-bond donors (Lipinski definition) is 2. The molecule has 1 atom stereocenters. The smallest absolute Gasteiger partial charge is 0.326 e. The van der Waals surface area contributed by atoms with Gasteiger partial charge in [0.25, 0.3) is 0 Å². The fourth-order valence-electron chi connectivity index (χ4n) is 2.90. The maximum Gasteiger partial charge on any atom is 0.326 e. The molecule has 0 aliphatic heterocycles. The number of carbonyl (C=O) groups is 2. The van der Waals surface area contributed by atoms with Gasteiger partial charge in [-0.15, -0.1) is 0 Å². The van der Waals surface area contributed by atoms with Crippen LogP contribution in [0.2, 0.25) is 0 Å². The topological polar surface area (TPSA) is 66.4 Å². The summed E-state index contributed by atoms with van der Waals surface area (Å²) in [4.78, 5) is 23.0. The maximum absolute atomic E-state index is 11.9. The van der Waals surface area contributed by atoms with Gasteiger partial charge >= 0.3 is 5.97 Å². The van der Waals surface area contributed by atoms with Gasteiger partial charge in [0.1, 0.15) is 6.04 Å². The Kier molecular flexibility index (Phi) is 18.8. The molecule has 30 heavy (non-hydrogen) atoms. The SMILES string of the molecule is CCCCC/C=C/C/C=C/C/C=C/C/C=C/CCCC(=O)NC(CC(C)C)C(=O)O. The lowest BCUT2D eigenvalue weighted by atomic mass is 10.0. The molecule has 170 valence electrons. The molecule has 4 nitrogen and oxygen atoms in total. The van der Waals surface area contributed by atoms with E-state index in [0.717, 1.165) is 32.1 Å². The molecule has 0 aromatic heterocycles. The van der Waals surface area contributed by atoms with Gasteiger partial charge in [0.15, 0.2) is 0 Å². The monoisotopic (exact) mass is 417 g/mol. The van der Waals surface area contributed by atoms with Crippen molar-refractivity contribution in [2.45, 2.75) is 97.4 Å². The Morgan fingerprint density at radius 1 is 0.800 bits per heavy atom. The van der Waals surface area contributed by atoms with Gasteiger partial charge in [-0.3, -0.25) is 4.79 Å². The van der Waals surface area contributed by atoms with Crippen LogP contribution >= 0.6 is 0 Å². The molecule has 0 saturated carbocycles. The highest BCUT2D eigenvalue weighted by atomic mass is 16.4. The van der Waals surface area contributed by atoms with Crippen LogP contribution in [0.25, 0.3) is 0 Å². The number of unbranched alkanes of at least 4 members (excludes halogenated alkanes) is 4. The van der Waals surface area contributed by atoms with Crippen LogP contribution in [0, 0.1) is 5.92 Å². The fourth-order valence-corrected chi connectivity index (χ4v) is 2.90. The molecule has 4 heteroatoms. The van der Waals surface area contributed by atoms with Crippen molar-refractivity contribution in [1.29, 1.82) is 0 Å². The molecule has 0 spiro atoms. The highest BCUT2D eigenvalue weighted by Crippen LogP contribution is 2.06. The first kappa shape index (κ1) is 27.9. The molecule has 0 aromatic rings. The van der Waals surface area contributed by atoms with Crippen LogP contribution in [0.15, 0.2) is 48.6 Å². The summed E-state index contributed by atoms with van der Waals surface area (Å²) in [6.45, 7) is 6.13. The van der Waals surface area contributed by atoms with Gasteiger partial charge in [0.2, 0.25) is 5.91 Å². The van der Waals surface area contributed by atoms with Crippen LogP contribution in [0.5, 0.6) is 0 Å². The van der Waals surface area contributed by atoms with Crippen LogP contribution in [-0.2, 0) is 9.59 Å². The van der Waals surface area contributed by atoms with Gasteiger partial charge in [-0.1, -0.05) is 82.2 Å². The lowest BCUT2D eigenvalue weighted by molar-refractivity contribution is -0.142. The summed E-state index contributed by atoms with van der Waals surface area (Å²) < 4.78 is 0. The Hall–Kier alpha value is -2.10. The van der Waals surface area contributed by atoms with Crippen molar-refractivity contribution in [1.82, 2.24) is 5.32 Å². The highest BCUT2D eigenvalue weighted by molar-refractivity contribution is 5.83. The van der Waals surface area contributed by atoms with E-state index in [9.17, 15) is 9.59 Å². The molecule has 1 amide bonds. The summed E-state index contributed by atoms with van der Waals surface area (Å²) in [6, 6.07) is -0.783. The molecule has 0 saturated heterocycles. The molecule has 0 aromatic carbocycles. The highest BCUT2D eigenvalue weighted by Gasteiger charge is 2.20. The molecular weight excluding hydrogens is 374 g/mol. The second kappa shape index (κ2) is 20.2. The summed E-state index contributed by atoms with van der Waals surface area (Å²) >= 11 is 0. The molecule has 1 unspecified atom stereocenters. The van der Waals surface area contributed by atoms with Gasteiger partial charge in [0, 0.05) is 6.42 Å². The summed E-state index contributed by atoms with van der Waals surface area (Å²) in [5.41, 5.74) is 0. The largest absolute Gasteiger partial charge is 0.480 e. The number of hydrogen-bond acceptors (Lipinski definition) is 2. The van der Waals surface area contributed by atoms with E-state index in [1.165, 1.54) is 25.7 Å². The standard InChI is InChI=1S/C26H43NO3/c1-4-5-6-7-8-9-10-11-12-13-14-15-16-17-18-19-20-21-25(28)27-24(26(29)30)22-23(2)3/h8-9,11-12,14-15,17-18,23-24H,4-7,10,13,16,19-22H2,1-3H3,(H,27,28)(H,29,30)/b9-8+,12-11+,15-14+,18-17+. The van der Waals surface area contributed by atoms with Crippen molar-refractivity contribution in [2.75, 3.05) is 0 Å². The summed E-state index contributed by atoms with van der Waals surface area (Å²) in [7, 11) is 0. The number of amides is 1. The number of carbonyl (C=O) groups excluding carboxylic acids is 1. The first-order valence-electron chi connectivity index (χ1n) is 11.6. The Morgan fingerprint density at radius 2 is 1.30 bits per heavy atom. The summed E-state index contributed by atoms with van der Waals surface area (Å²) in [5.74, 6) is -0.911. The normalized spacial score (nSPS) is 13.3. The zero-order valence-electron chi connectivity index (χ0n) is 19.3. The molecule has 0 heterocycles. The summed E-state index contributed by atoms with van der Waals surface area (Å²) in [5, 5.41) is 11.8. The number of carboxylic acids is 1. The average molecular weight is 418 g/mol. The van der Waals surface area contributed by atoms with Crippen LogP contribution in [-0.4, -0.2) is 23.0 Å². The van der Waals surface area contributed by atoms with Crippen molar-refractivity contribution < 1.29 is 14.7 Å². The second-order valence-corrected chi connectivity index (χ2v) is 8.07. The zero-order valence-corrected chi connectivity index (χ0v) is 19.3. The minimum atomic E-state index is -0.961. The second-order valence-electron chi connectivity index (χ2n) is 8.07. The van der Waals surface area contributed by atoms with Crippen molar-refractivity contribution in [3.8, 4) is 0 Å². The quantitative estimate of drug-likeness (QED) is 0.191. The van der Waals surface area contributed by atoms with E-state index >= 15 is 0 Å². The fraction of sp³-hybridized carbons (Fsp3) is 0.615. The molecule has 0 rings (SSSR count). The van der Waals surface area contributed by atoms with Crippen molar-refractivity contribution >= 4 is 11.9 Å². The maximum atomic E-state index is 11.9. The third kappa shape index (κ3) is 19.2. The Morgan fingerprint density at radius 3 is 1.77 bits per heavy atom. The number of rotatable bonds is 18. The molecule has 0 bridgehead atoms. The lowest BCUT2D eigenvalue weighted by Crippen LogP contribution is -2.41. The van der Waals surface area contributed by atoms with E-state index in [1.54, 1.807) is 0 Å². The van der Waals surface area contributed by atoms with Crippen molar-refractivity contribution in [3.63, 3.8) is 0 Å². The van der Waals surface area contributed by atoms with E-state index in [-0.39, 0.29) is 11.8 Å². The van der Waals surface area contributed by atoms with Gasteiger partial charge in [-0.25, -0.2) is 4.79 Å². The van der Waals surface area contributed by atoms with Crippen LogP contribution in [0.3, 0.4) is 0 Å². The van der Waals surface area contributed by atoms with E-state index < -0.39 is 12.0 Å². The molecular formula is C26H43NO3. The minimum absolute atomic E-state index is 0.182. The Balaban J connectivity index is 3.73. The average Bonchev–Trinajstić information content (AvgIpc) is 2.69. The van der Waals surface area contributed by atoms with Gasteiger partial charge in [-0.2, -0.15) is 0 Å². The predicted molar refractivity (Wildman–Crippen MR) is 127 cm³/mol. The number of aliphatic carboxylic acids is 1. The Bertz CT molecular complexity index is 559. The Labute approximate surface area is 184 Å². The number of carboxylic acid groups (broad SMARTS) is 1. The van der Waals surface area contributed by atoms with Crippen LogP contribution < -0.4 is 5.32 Å². The number of allylic oxidation sites excluding steroid dienone is 8. The van der Waals surface area contributed by atoms with Crippen LogP contribution in [0.4, 0.5) is 0 Å². The van der Waals surface area contributed by atoms with Crippen molar-refractivity contribution in [3.05, 3.63) is 48.6 Å². The molecule has 2 N–H and O–H groups in total. The molecule has 0 fully saturated rings. The molecule has 0 aliphatic carbocycles. The van der Waals surface area contributed by atoms with Crippen molar-refractivity contribution in [2.24, 2.45) is 5.92 Å². The lowest BCUT2D eigenvalue weighted by Gasteiger charge is -2.16. The third-order valence-corrected chi connectivity index (χ3v) is 4.57. The van der Waals surface area contributed by atoms with E-state index in [4.69, 9.17) is 5.11 Å². The van der Waals surface area contributed by atoms with E-state index in [2.05, 4.69) is 60.8 Å².